The van der Waals surface area contributed by atoms with Crippen molar-refractivity contribution in [1.29, 1.82) is 0 Å². The van der Waals surface area contributed by atoms with E-state index in [-0.39, 0.29) is 0 Å². The Balaban J connectivity index is 2.65. The van der Waals surface area contributed by atoms with E-state index in [9.17, 15) is 0 Å². The van der Waals surface area contributed by atoms with Crippen LogP contribution >= 0.6 is 0 Å². The van der Waals surface area contributed by atoms with Crippen LogP contribution in [0.25, 0.3) is 0 Å². The van der Waals surface area contributed by atoms with Crippen molar-refractivity contribution in [2.24, 2.45) is 0 Å². The molecule has 0 fully saturated rings. The van der Waals surface area contributed by atoms with E-state index in [0.29, 0.717) is 0 Å². The van der Waals surface area contributed by atoms with Crippen molar-refractivity contribution in [3.63, 3.8) is 0 Å². The summed E-state index contributed by atoms with van der Waals surface area (Å²) in [7, 11) is 1.27. The minimum atomic E-state index is -2.97. The zero-order valence-electron chi connectivity index (χ0n) is 10.6. The maximum absolute atomic E-state index is 2.97. The van der Waals surface area contributed by atoms with E-state index in [2.05, 4.69) is 64.5 Å². The van der Waals surface area contributed by atoms with Crippen LogP contribution in [-0.4, -0.2) is 8.21 Å². The standard InChI is InChI=1S/C6H5.C5H5.3CH3.Pt.H3Si/c1-2-4-6-5-3-1;1-2-4-5-3-1;;;;;/h1-5H;1-3H,4H2;3*1H3;;1H3. The molecule has 0 saturated carbocycles. The fraction of sp³-hybridized carbons (Fsp3) is 0.286. The average molecular weight is 413 g/mol. The van der Waals surface area contributed by atoms with Crippen molar-refractivity contribution in [2.45, 2.75) is 22.4 Å². The van der Waals surface area contributed by atoms with Crippen LogP contribution in [0.5, 0.6) is 0 Å². The van der Waals surface area contributed by atoms with Gasteiger partial charge in [-0.3, -0.25) is 0 Å². The summed E-state index contributed by atoms with van der Waals surface area (Å²) >= 11 is -2.97. The zero-order valence-corrected chi connectivity index (χ0v) is 14.9. The van der Waals surface area contributed by atoms with Gasteiger partial charge in [0.25, 0.3) is 0 Å². The molecule has 0 saturated heterocycles. The molecule has 0 aliphatic heterocycles. The van der Waals surface area contributed by atoms with E-state index in [4.69, 9.17) is 0 Å². The van der Waals surface area contributed by atoms with Gasteiger partial charge in [0, 0.05) is 0 Å². The zero-order chi connectivity index (χ0) is 11.9. The molecule has 1 aromatic rings. The number of benzene rings is 1. The van der Waals surface area contributed by atoms with Crippen LogP contribution in [0.15, 0.2) is 52.5 Å². The predicted molar refractivity (Wildman–Crippen MR) is 75.4 cm³/mol. The molecular weight excluding hydrogens is 391 g/mol. The SMILES string of the molecule is [CH3][Pt]([CH3])([CH3])([SiH3])([C]1=CC=CC1)[c]1ccccc1. The fourth-order valence-electron chi connectivity index (χ4n) is 1.93. The third kappa shape index (κ3) is 1.81. The van der Waals surface area contributed by atoms with Gasteiger partial charge in [0.1, 0.15) is 0 Å². The second-order valence-electron chi connectivity index (χ2n) is 5.71. The summed E-state index contributed by atoms with van der Waals surface area (Å²) in [4.78, 5) is 0. The first-order chi connectivity index (χ1) is 7.24. The molecule has 0 bridgehead atoms. The topological polar surface area (TPSA) is 0 Å². The third-order valence-corrected chi connectivity index (χ3v) is 23.5. The molecule has 0 amide bonds. The Labute approximate surface area is 99.6 Å². The minimum absolute atomic E-state index is 1.17. The van der Waals surface area contributed by atoms with Gasteiger partial charge >= 0.3 is 99.9 Å². The molecular formula is C14H22PtSi. The first-order valence-electron chi connectivity index (χ1n) is 5.21. The Morgan fingerprint density at radius 1 is 1.06 bits per heavy atom. The first-order valence-corrected chi connectivity index (χ1v) is 21.7. The predicted octanol–water partition coefficient (Wildman–Crippen LogP) is 2.81. The second kappa shape index (κ2) is 3.08. The van der Waals surface area contributed by atoms with E-state index in [0.717, 1.165) is 0 Å². The summed E-state index contributed by atoms with van der Waals surface area (Å²) in [5, 5.41) is 7.74. The van der Waals surface area contributed by atoms with E-state index in [1.165, 1.54) is 14.6 Å². The summed E-state index contributed by atoms with van der Waals surface area (Å²) in [5.74, 6) is 0. The molecule has 0 unspecified atom stereocenters. The average Bonchev–Trinajstić information content (AvgIpc) is 2.72. The molecule has 1 aromatic carbocycles. The van der Waals surface area contributed by atoms with Crippen molar-refractivity contribution in [3.8, 4) is 0 Å². The van der Waals surface area contributed by atoms with Crippen molar-refractivity contribution in [1.82, 2.24) is 0 Å². The van der Waals surface area contributed by atoms with Crippen LogP contribution in [0.2, 0.25) is 15.9 Å². The summed E-state index contributed by atoms with van der Waals surface area (Å²) in [6.07, 6.45) is 8.08. The van der Waals surface area contributed by atoms with Crippen LogP contribution in [0, 0.1) is 0 Å². The van der Waals surface area contributed by atoms with Gasteiger partial charge in [-0.2, -0.15) is 0 Å². The molecule has 0 N–H and O–H groups in total. The molecule has 0 nitrogen and oxygen atoms in total. The molecule has 0 aromatic heterocycles. The molecule has 1 aliphatic rings. The van der Waals surface area contributed by atoms with Gasteiger partial charge in [0.05, 0.1) is 0 Å². The Bertz CT molecular complexity index is 473. The third-order valence-electron chi connectivity index (χ3n) is 3.15. The fourth-order valence-corrected chi connectivity index (χ4v) is 14.5. The van der Waals surface area contributed by atoms with Gasteiger partial charge in [0.2, 0.25) is 0 Å². The molecule has 1 aliphatic carbocycles. The molecule has 0 heterocycles. The van der Waals surface area contributed by atoms with Crippen LogP contribution in [0.3, 0.4) is 0 Å². The Kier molecular flexibility index (Phi) is 2.33. The molecule has 0 radical (unpaired) electrons. The van der Waals surface area contributed by atoms with Crippen LogP contribution in [-0.2, 0) is 12.8 Å². The molecule has 92 valence electrons. The molecule has 0 spiro atoms. The number of allylic oxidation sites excluding steroid dienone is 4. The van der Waals surface area contributed by atoms with Gasteiger partial charge in [-0.05, 0) is 0 Å². The summed E-state index contributed by atoms with van der Waals surface area (Å²) in [5.41, 5.74) is 0. The van der Waals surface area contributed by atoms with Crippen molar-refractivity contribution in [3.05, 3.63) is 52.5 Å². The normalized spacial score (nSPS) is 20.3. The molecule has 16 heavy (non-hydrogen) atoms. The van der Waals surface area contributed by atoms with Crippen molar-refractivity contribution < 1.29 is 12.8 Å². The monoisotopic (exact) mass is 413 g/mol. The number of hydrogen-bond acceptors (Lipinski definition) is 0. The summed E-state index contributed by atoms with van der Waals surface area (Å²) in [6, 6.07) is 11.2. The van der Waals surface area contributed by atoms with Gasteiger partial charge in [-0.25, -0.2) is 0 Å². The van der Waals surface area contributed by atoms with E-state index >= 15 is 0 Å². The first kappa shape index (κ1) is 12.1. The Morgan fingerprint density at radius 3 is 2.19 bits per heavy atom. The number of hydrogen-bond donors (Lipinski definition) is 0. The Morgan fingerprint density at radius 2 is 1.69 bits per heavy atom. The van der Waals surface area contributed by atoms with Gasteiger partial charge in [-0.1, -0.05) is 0 Å². The number of rotatable bonds is 2. The molecule has 0 atom stereocenters. The van der Waals surface area contributed by atoms with Gasteiger partial charge in [0.15, 0.2) is 0 Å². The van der Waals surface area contributed by atoms with E-state index in [1.807, 2.05) is 0 Å². The molecule has 2 heteroatoms. The van der Waals surface area contributed by atoms with Crippen LogP contribution in [0.1, 0.15) is 6.42 Å². The second-order valence-corrected chi connectivity index (χ2v) is 52.5. The van der Waals surface area contributed by atoms with E-state index in [1.54, 1.807) is 7.92 Å². The Hall–Kier alpha value is -0.395. The van der Waals surface area contributed by atoms with Crippen molar-refractivity contribution >= 4 is 12.2 Å². The van der Waals surface area contributed by atoms with E-state index < -0.39 is 12.8 Å². The van der Waals surface area contributed by atoms with Gasteiger partial charge in [-0.15, -0.1) is 0 Å². The summed E-state index contributed by atoms with van der Waals surface area (Å²) < 4.78 is 3.33. The quantitative estimate of drug-likeness (QED) is 0.655. The summed E-state index contributed by atoms with van der Waals surface area (Å²) in [6.45, 7) is 0. The maximum atomic E-state index is 2.58. The molecule has 2 rings (SSSR count). The van der Waals surface area contributed by atoms with Crippen LogP contribution in [0.4, 0.5) is 0 Å². The van der Waals surface area contributed by atoms with Crippen molar-refractivity contribution in [2.75, 3.05) is 0 Å². The van der Waals surface area contributed by atoms with Gasteiger partial charge < -0.3 is 0 Å². The van der Waals surface area contributed by atoms with Crippen LogP contribution < -0.4 is 3.95 Å².